The van der Waals surface area contributed by atoms with Crippen molar-refractivity contribution in [1.82, 2.24) is 4.57 Å². The lowest BCUT2D eigenvalue weighted by Crippen LogP contribution is -2.29. The van der Waals surface area contributed by atoms with Gasteiger partial charge in [0.25, 0.3) is 0 Å². The predicted octanol–water partition coefficient (Wildman–Crippen LogP) is 20.7. The van der Waals surface area contributed by atoms with Gasteiger partial charge in [-0.1, -0.05) is 236 Å². The van der Waals surface area contributed by atoms with Crippen LogP contribution in [0.1, 0.15) is 68.8 Å². The topological polar surface area (TPSA) is 8.17 Å². The summed E-state index contributed by atoms with van der Waals surface area (Å²) in [6, 6.07) is 103. The fraction of sp³-hybridized carbons (Fsp3) is 0.0789. The Labute approximate surface area is 465 Å². The van der Waals surface area contributed by atoms with Gasteiger partial charge in [-0.15, -0.1) is 11.3 Å². The number of aryl methyl sites for hydroxylation is 2. The third-order valence-corrected chi connectivity index (χ3v) is 18.5. The van der Waals surface area contributed by atoms with Crippen molar-refractivity contribution in [2.75, 3.05) is 4.90 Å². The number of para-hydroxylation sites is 2. The van der Waals surface area contributed by atoms with Gasteiger partial charge in [0.2, 0.25) is 0 Å². The summed E-state index contributed by atoms with van der Waals surface area (Å²) in [6.45, 7) is 6.80. The van der Waals surface area contributed by atoms with E-state index in [4.69, 9.17) is 0 Å². The summed E-state index contributed by atoms with van der Waals surface area (Å²) in [5, 5.41) is 7.42. The maximum absolute atomic E-state index is 2.60. The zero-order valence-corrected chi connectivity index (χ0v) is 45.3. The molecule has 0 saturated heterocycles. The Morgan fingerprint density at radius 3 is 1.65 bits per heavy atom. The van der Waals surface area contributed by atoms with Gasteiger partial charge < -0.3 is 9.47 Å². The van der Waals surface area contributed by atoms with Gasteiger partial charge >= 0.3 is 0 Å². The number of benzene rings is 12. The van der Waals surface area contributed by atoms with Crippen molar-refractivity contribution in [1.29, 1.82) is 0 Å². The number of fused-ring (bicyclic) bond motifs is 11. The summed E-state index contributed by atoms with van der Waals surface area (Å²) >= 11 is 1.89. The van der Waals surface area contributed by atoms with Crippen LogP contribution in [0.5, 0.6) is 0 Å². The van der Waals surface area contributed by atoms with E-state index in [2.05, 4.69) is 303 Å². The largest absolute Gasteiger partial charge is 0.309 e. The Bertz CT molecular complexity index is 4540. The SMILES string of the molecule is Cc1ccc(C(c2ccc(C)cc2)C(C)c2ccc3c(c2)C(c2ccccc2)(c2ccccc2)c2cc(N(c4ccc5c(c4)c4ccccc4n5-c4ccccc4)c4cccc5c4sc4ccccc45)c4ccccc4c2-3)cc1. The second-order valence-electron chi connectivity index (χ2n) is 21.7. The Morgan fingerprint density at radius 1 is 0.405 bits per heavy atom. The van der Waals surface area contributed by atoms with E-state index >= 15 is 0 Å². The van der Waals surface area contributed by atoms with E-state index in [0.29, 0.717) is 0 Å². The lowest BCUT2D eigenvalue weighted by Gasteiger charge is -2.36. The minimum Gasteiger partial charge on any atom is -0.309 e. The number of anilines is 3. The fourth-order valence-electron chi connectivity index (χ4n) is 13.6. The summed E-state index contributed by atoms with van der Waals surface area (Å²) in [5.74, 6) is 0.290. The van der Waals surface area contributed by atoms with Crippen LogP contribution < -0.4 is 4.90 Å². The Balaban J connectivity index is 1.03. The molecule has 0 fully saturated rings. The molecule has 15 rings (SSSR count). The van der Waals surface area contributed by atoms with E-state index in [1.165, 1.54) is 114 Å². The van der Waals surface area contributed by atoms with Gasteiger partial charge in [0.1, 0.15) is 0 Å². The molecule has 0 spiro atoms. The number of rotatable bonds is 10. The Hall–Kier alpha value is -9.28. The van der Waals surface area contributed by atoms with E-state index < -0.39 is 5.41 Å². The molecule has 1 atom stereocenters. The number of aromatic nitrogens is 1. The summed E-state index contributed by atoms with van der Waals surface area (Å²) in [4.78, 5) is 2.60. The number of thiophene rings is 1. The zero-order valence-electron chi connectivity index (χ0n) is 44.4. The highest BCUT2D eigenvalue weighted by molar-refractivity contribution is 7.26. The van der Waals surface area contributed by atoms with E-state index in [1.807, 2.05) is 11.3 Å². The Kier molecular flexibility index (Phi) is 11.1. The minimum absolute atomic E-state index is 0.141. The first kappa shape index (κ1) is 47.0. The molecule has 0 aliphatic heterocycles. The van der Waals surface area contributed by atoms with E-state index in [-0.39, 0.29) is 11.8 Å². The standard InChI is InChI=1S/C76H56N2S/c1-49-34-38-52(39-35-49)73(53-40-36-50(2)37-41-53)51(3)54-42-44-64-66(46-54)76(55-20-7-4-8-21-55,56-22-9-5-10-23-56)67-48-71(59-26-13-14-29-62(59)74(64)67)78(70-32-19-30-63-61-28-16-18-33-72(61)79-75(63)70)58-43-45-69-65(47-58)60-27-15-17-31-68(60)77(69)57-24-11-6-12-25-57/h4-48,51,73H,1-3H3. The molecular weight excluding hydrogens is 973 g/mol. The predicted molar refractivity (Wildman–Crippen MR) is 336 cm³/mol. The second kappa shape index (κ2) is 18.7. The summed E-state index contributed by atoms with van der Waals surface area (Å²) < 4.78 is 4.96. The highest BCUT2D eigenvalue weighted by atomic mass is 32.1. The molecule has 12 aromatic carbocycles. The van der Waals surface area contributed by atoms with Crippen molar-refractivity contribution in [2.24, 2.45) is 0 Å². The molecule has 2 nitrogen and oxygen atoms in total. The van der Waals surface area contributed by atoms with Crippen LogP contribution in [0.15, 0.2) is 273 Å². The molecule has 1 aliphatic carbocycles. The van der Waals surface area contributed by atoms with Crippen LogP contribution in [-0.2, 0) is 5.41 Å². The molecule has 1 aliphatic rings. The first-order valence-electron chi connectivity index (χ1n) is 27.7. The molecule has 0 N–H and O–H groups in total. The van der Waals surface area contributed by atoms with Gasteiger partial charge in [0.15, 0.2) is 0 Å². The molecule has 376 valence electrons. The molecule has 2 heterocycles. The van der Waals surface area contributed by atoms with Crippen molar-refractivity contribution in [2.45, 2.75) is 38.0 Å². The summed E-state index contributed by atoms with van der Waals surface area (Å²) in [6.07, 6.45) is 0. The molecular formula is C76H56N2S. The number of hydrogen-bond donors (Lipinski definition) is 0. The van der Waals surface area contributed by atoms with Crippen molar-refractivity contribution < 1.29 is 0 Å². The molecule has 3 heteroatoms. The zero-order chi connectivity index (χ0) is 52.8. The molecule has 0 radical (unpaired) electrons. The van der Waals surface area contributed by atoms with Gasteiger partial charge in [-0.3, -0.25) is 0 Å². The van der Waals surface area contributed by atoms with Crippen LogP contribution in [0.2, 0.25) is 0 Å². The van der Waals surface area contributed by atoms with Crippen molar-refractivity contribution in [3.05, 3.63) is 323 Å². The molecule has 0 amide bonds. The van der Waals surface area contributed by atoms with E-state index in [0.717, 1.165) is 22.7 Å². The molecule has 2 aromatic heterocycles. The van der Waals surface area contributed by atoms with Crippen LogP contribution >= 0.6 is 11.3 Å². The normalized spacial score (nSPS) is 13.2. The highest BCUT2D eigenvalue weighted by Crippen LogP contribution is 2.61. The van der Waals surface area contributed by atoms with Gasteiger partial charge in [-0.2, -0.15) is 0 Å². The fourth-order valence-corrected chi connectivity index (χ4v) is 14.8. The van der Waals surface area contributed by atoms with E-state index in [9.17, 15) is 0 Å². The summed E-state index contributed by atoms with van der Waals surface area (Å²) in [7, 11) is 0. The second-order valence-corrected chi connectivity index (χ2v) is 22.8. The smallest absolute Gasteiger partial charge is 0.0714 e. The monoisotopic (exact) mass is 1030 g/mol. The third kappa shape index (κ3) is 7.37. The lowest BCUT2D eigenvalue weighted by molar-refractivity contribution is 0.654. The lowest BCUT2D eigenvalue weighted by atomic mass is 9.66. The first-order valence-corrected chi connectivity index (χ1v) is 28.5. The van der Waals surface area contributed by atoms with Crippen molar-refractivity contribution in [3.63, 3.8) is 0 Å². The minimum atomic E-state index is -0.687. The van der Waals surface area contributed by atoms with Gasteiger partial charge in [-0.05, 0) is 130 Å². The van der Waals surface area contributed by atoms with Crippen LogP contribution in [-0.4, -0.2) is 4.57 Å². The third-order valence-electron chi connectivity index (χ3n) is 17.3. The average molecular weight is 1030 g/mol. The van der Waals surface area contributed by atoms with Crippen molar-refractivity contribution in [3.8, 4) is 16.8 Å². The first-order chi connectivity index (χ1) is 38.9. The molecule has 79 heavy (non-hydrogen) atoms. The van der Waals surface area contributed by atoms with Crippen molar-refractivity contribution >= 4 is 81.1 Å². The quantitative estimate of drug-likeness (QED) is 0.133. The van der Waals surface area contributed by atoms with Crippen LogP contribution in [0.3, 0.4) is 0 Å². The maximum Gasteiger partial charge on any atom is 0.0714 e. The number of nitrogens with zero attached hydrogens (tertiary/aromatic N) is 2. The van der Waals surface area contributed by atoms with Gasteiger partial charge in [0, 0.05) is 48.9 Å². The summed E-state index contributed by atoms with van der Waals surface area (Å²) in [5.41, 5.74) is 20.4. The Morgan fingerprint density at radius 2 is 0.962 bits per heavy atom. The molecule has 0 saturated carbocycles. The van der Waals surface area contributed by atoms with Crippen LogP contribution in [0, 0.1) is 13.8 Å². The number of hydrogen-bond acceptors (Lipinski definition) is 2. The molecule has 0 bridgehead atoms. The van der Waals surface area contributed by atoms with Crippen LogP contribution in [0.25, 0.3) is 69.6 Å². The maximum atomic E-state index is 2.60. The van der Waals surface area contributed by atoms with Gasteiger partial charge in [0.05, 0.1) is 32.5 Å². The molecule has 14 aromatic rings. The molecule has 1 unspecified atom stereocenters. The highest BCUT2D eigenvalue weighted by Gasteiger charge is 2.48. The van der Waals surface area contributed by atoms with Crippen LogP contribution in [0.4, 0.5) is 17.1 Å². The average Bonchev–Trinajstić information content (AvgIpc) is 3.24. The van der Waals surface area contributed by atoms with E-state index in [1.54, 1.807) is 0 Å². The van der Waals surface area contributed by atoms with Gasteiger partial charge in [-0.25, -0.2) is 0 Å².